The minimum atomic E-state index is -0.871. The van der Waals surface area contributed by atoms with E-state index in [1.165, 1.54) is 19.1 Å². The van der Waals surface area contributed by atoms with Crippen LogP contribution >= 0.6 is 0 Å². The lowest BCUT2D eigenvalue weighted by molar-refractivity contribution is -0.130. The number of hydrogen-bond donors (Lipinski definition) is 1. The normalized spacial score (nSPS) is 15.7. The average molecular weight is 590 g/mol. The fourth-order valence-electron chi connectivity index (χ4n) is 5.10. The zero-order valence-electron chi connectivity index (χ0n) is 25.7. The Hall–Kier alpha value is -4.60. The topological polar surface area (TPSA) is 114 Å². The van der Waals surface area contributed by atoms with E-state index < -0.39 is 35.7 Å². The number of hydrogen-bond acceptors (Lipinski definition) is 7. The third-order valence-corrected chi connectivity index (χ3v) is 7.55. The van der Waals surface area contributed by atoms with E-state index in [1.807, 2.05) is 36.4 Å². The number of rotatable bonds is 7. The number of aryl methyl sites for hydroxylation is 1. The van der Waals surface area contributed by atoms with Crippen LogP contribution in [0.2, 0.25) is 0 Å². The highest BCUT2D eigenvalue weighted by molar-refractivity contribution is 6.02. The maximum absolute atomic E-state index is 14.2. The molecule has 228 valence electrons. The number of nitrogens with zero attached hydrogens (tertiary/aromatic N) is 2. The molecule has 0 spiro atoms. The Labute approximate surface area is 251 Å². The van der Waals surface area contributed by atoms with Crippen LogP contribution in [0.25, 0.3) is 10.8 Å². The highest BCUT2D eigenvalue weighted by Crippen LogP contribution is 2.34. The van der Waals surface area contributed by atoms with Crippen molar-refractivity contribution in [3.8, 4) is 5.75 Å². The maximum Gasteiger partial charge on any atom is 0.410 e. The Morgan fingerprint density at radius 3 is 2.47 bits per heavy atom. The van der Waals surface area contributed by atoms with Gasteiger partial charge in [-0.3, -0.25) is 14.5 Å². The van der Waals surface area contributed by atoms with E-state index in [4.69, 9.17) is 14.2 Å². The molecule has 3 amide bonds. The Bertz CT molecular complexity index is 1550. The van der Waals surface area contributed by atoms with Crippen molar-refractivity contribution in [2.75, 3.05) is 26.2 Å². The van der Waals surface area contributed by atoms with Gasteiger partial charge in [0.25, 0.3) is 0 Å². The molecule has 0 bridgehead atoms. The first-order valence-corrected chi connectivity index (χ1v) is 14.2. The van der Waals surface area contributed by atoms with Gasteiger partial charge < -0.3 is 24.4 Å². The number of ether oxygens (including phenoxy) is 3. The fourth-order valence-corrected chi connectivity index (χ4v) is 5.10. The van der Waals surface area contributed by atoms with Crippen molar-refractivity contribution in [3.05, 3.63) is 71.3 Å². The molecule has 10 nitrogen and oxygen atoms in total. The van der Waals surface area contributed by atoms with Gasteiger partial charge in [-0.15, -0.1) is 0 Å². The molecule has 2 atom stereocenters. The van der Waals surface area contributed by atoms with Gasteiger partial charge in [-0.2, -0.15) is 0 Å². The zero-order chi connectivity index (χ0) is 31.5. The Balaban J connectivity index is 1.66. The van der Waals surface area contributed by atoms with Crippen LogP contribution in [0.3, 0.4) is 0 Å². The molecule has 0 saturated heterocycles. The third-order valence-electron chi connectivity index (χ3n) is 7.55. The summed E-state index contributed by atoms with van der Waals surface area (Å²) < 4.78 is 16.0. The van der Waals surface area contributed by atoms with E-state index in [0.717, 1.165) is 27.6 Å². The summed E-state index contributed by atoms with van der Waals surface area (Å²) in [6, 6.07) is 14.9. The van der Waals surface area contributed by atoms with Gasteiger partial charge in [-0.25, -0.2) is 9.59 Å². The average Bonchev–Trinajstić information content (AvgIpc) is 3.11. The molecule has 3 aromatic rings. The van der Waals surface area contributed by atoms with Crippen LogP contribution in [0.5, 0.6) is 5.75 Å². The van der Waals surface area contributed by atoms with E-state index in [9.17, 15) is 19.2 Å². The molecule has 43 heavy (non-hydrogen) atoms. The molecule has 3 aromatic carbocycles. The van der Waals surface area contributed by atoms with E-state index >= 15 is 0 Å². The number of anilines is 1. The molecule has 1 N–H and O–H groups in total. The molecule has 0 saturated carbocycles. The van der Waals surface area contributed by atoms with Gasteiger partial charge in [0.1, 0.15) is 23.4 Å². The number of nitrogens with one attached hydrogen (secondary N) is 1. The van der Waals surface area contributed by atoms with E-state index in [0.29, 0.717) is 24.2 Å². The molecule has 0 fully saturated rings. The summed E-state index contributed by atoms with van der Waals surface area (Å²) in [4.78, 5) is 55.1. The van der Waals surface area contributed by atoms with Crippen LogP contribution in [0.4, 0.5) is 10.5 Å². The monoisotopic (exact) mass is 589 g/mol. The molecule has 1 heterocycles. The summed E-state index contributed by atoms with van der Waals surface area (Å²) in [6.45, 7) is 7.01. The Morgan fingerprint density at radius 2 is 1.79 bits per heavy atom. The molecule has 0 unspecified atom stereocenters. The molecule has 10 heteroatoms. The second-order valence-corrected chi connectivity index (χ2v) is 11.6. The highest BCUT2D eigenvalue weighted by Gasteiger charge is 2.35. The van der Waals surface area contributed by atoms with Gasteiger partial charge >= 0.3 is 12.1 Å². The lowest BCUT2D eigenvalue weighted by Crippen LogP contribution is -2.54. The van der Waals surface area contributed by atoms with Crippen molar-refractivity contribution in [2.45, 2.75) is 64.8 Å². The lowest BCUT2D eigenvalue weighted by Gasteiger charge is -2.30. The van der Waals surface area contributed by atoms with Crippen LogP contribution in [-0.4, -0.2) is 67.7 Å². The number of benzene rings is 3. The smallest absolute Gasteiger partial charge is 0.410 e. The number of likely N-dealkylation sites (N-methyl/N-ethyl adjacent to an activating group) is 1. The van der Waals surface area contributed by atoms with Crippen LogP contribution in [0, 0.1) is 0 Å². The standard InChI is InChI=1S/C33H39N3O7/c1-20(35(5)32(40)43-33(2,3)4)29(37)34-26-16-13-21-10-8-9-11-27(21)36(30(26)38)19-25-24-15-12-23(31(39)42-7)18-22(24)14-17-28(25)41-6/h8-12,14-15,17-18,20,26H,13,16,19H2,1-7H3,(H,34,37)/t20-,26-/m0/s1. The predicted molar refractivity (Wildman–Crippen MR) is 163 cm³/mol. The molecule has 4 rings (SSSR count). The number of para-hydroxylation sites is 1. The number of fused-ring (bicyclic) bond motifs is 2. The number of carbonyl (C=O) groups is 4. The molecule has 0 aromatic heterocycles. The summed E-state index contributed by atoms with van der Waals surface area (Å²) in [5.74, 6) is -0.603. The minimum Gasteiger partial charge on any atom is -0.496 e. The number of methoxy groups -OCH3 is 2. The lowest BCUT2D eigenvalue weighted by atomic mass is 10.00. The number of amides is 3. The van der Waals surface area contributed by atoms with Gasteiger partial charge in [-0.05, 0) is 81.1 Å². The first kappa shape index (κ1) is 31.3. The van der Waals surface area contributed by atoms with Crippen LogP contribution < -0.4 is 15.0 Å². The minimum absolute atomic E-state index is 0.160. The molecule has 1 aliphatic heterocycles. The molecule has 0 aliphatic carbocycles. The number of carbonyl (C=O) groups excluding carboxylic acids is 4. The van der Waals surface area contributed by atoms with Crippen molar-refractivity contribution in [1.29, 1.82) is 0 Å². The third kappa shape index (κ3) is 6.90. The van der Waals surface area contributed by atoms with Crippen LogP contribution in [0.15, 0.2) is 54.6 Å². The van der Waals surface area contributed by atoms with E-state index in [-0.39, 0.29) is 12.5 Å². The van der Waals surface area contributed by atoms with Crippen molar-refractivity contribution in [3.63, 3.8) is 0 Å². The van der Waals surface area contributed by atoms with Crippen molar-refractivity contribution in [1.82, 2.24) is 10.2 Å². The maximum atomic E-state index is 14.2. The Morgan fingerprint density at radius 1 is 1.07 bits per heavy atom. The second-order valence-electron chi connectivity index (χ2n) is 11.6. The second kappa shape index (κ2) is 12.7. The van der Waals surface area contributed by atoms with Gasteiger partial charge in [0.15, 0.2) is 0 Å². The highest BCUT2D eigenvalue weighted by atomic mass is 16.6. The molecule has 1 aliphatic rings. The predicted octanol–water partition coefficient (Wildman–Crippen LogP) is 4.85. The zero-order valence-corrected chi connectivity index (χ0v) is 25.7. The summed E-state index contributed by atoms with van der Waals surface area (Å²) in [5.41, 5.74) is 2.17. The Kier molecular flexibility index (Phi) is 9.27. The largest absolute Gasteiger partial charge is 0.496 e. The molecule has 0 radical (unpaired) electrons. The summed E-state index contributed by atoms with van der Waals surface area (Å²) in [7, 11) is 4.39. The van der Waals surface area contributed by atoms with Crippen molar-refractivity contribution >= 4 is 40.3 Å². The molecular formula is C33H39N3O7. The molecular weight excluding hydrogens is 550 g/mol. The first-order chi connectivity index (χ1) is 20.3. The summed E-state index contributed by atoms with van der Waals surface area (Å²) in [6.07, 6.45) is 0.320. The number of esters is 1. The fraction of sp³-hybridized carbons (Fsp3) is 0.394. The summed E-state index contributed by atoms with van der Waals surface area (Å²) in [5, 5.41) is 4.49. The quantitative estimate of drug-likeness (QED) is 0.392. The van der Waals surface area contributed by atoms with Gasteiger partial charge in [-0.1, -0.05) is 30.3 Å². The first-order valence-electron chi connectivity index (χ1n) is 14.2. The van der Waals surface area contributed by atoms with Crippen LogP contribution in [0.1, 0.15) is 55.6 Å². The summed E-state index contributed by atoms with van der Waals surface area (Å²) >= 11 is 0. The van der Waals surface area contributed by atoms with E-state index in [2.05, 4.69) is 5.32 Å². The SMILES string of the molecule is COC(=O)c1ccc2c(CN3C(=O)[C@@H](NC(=O)[C@H](C)N(C)C(=O)OC(C)(C)C)CCc4ccccc43)c(OC)ccc2c1. The van der Waals surface area contributed by atoms with Gasteiger partial charge in [0, 0.05) is 18.3 Å². The van der Waals surface area contributed by atoms with Gasteiger partial charge in [0.05, 0.1) is 26.3 Å². The van der Waals surface area contributed by atoms with Crippen molar-refractivity contribution in [2.24, 2.45) is 0 Å². The van der Waals surface area contributed by atoms with Gasteiger partial charge in [0.2, 0.25) is 11.8 Å². The van der Waals surface area contributed by atoms with Crippen molar-refractivity contribution < 1.29 is 33.4 Å². The van der Waals surface area contributed by atoms with Crippen LogP contribution in [-0.2, 0) is 32.0 Å². The van der Waals surface area contributed by atoms with E-state index in [1.54, 1.807) is 57.9 Å².